The van der Waals surface area contributed by atoms with E-state index in [1.165, 1.54) is 6.33 Å². The van der Waals surface area contributed by atoms with Crippen molar-refractivity contribution >= 4 is 0 Å². The summed E-state index contributed by atoms with van der Waals surface area (Å²) in [4.78, 5) is 8.11. The van der Waals surface area contributed by atoms with Gasteiger partial charge in [-0.15, -0.1) is 0 Å². The predicted molar refractivity (Wildman–Crippen MR) is 57.0 cm³/mol. The molecular weight excluding hydrogens is 232 g/mol. The van der Waals surface area contributed by atoms with E-state index >= 15 is 0 Å². The molecule has 1 aliphatic rings. The molecule has 0 spiro atoms. The van der Waals surface area contributed by atoms with E-state index in [2.05, 4.69) is 15.1 Å². The first-order chi connectivity index (χ1) is 8.81. The third-order valence-corrected chi connectivity index (χ3v) is 2.77. The number of rotatable bonds is 3. The summed E-state index contributed by atoms with van der Waals surface area (Å²) in [5.74, 6) is 1.55. The van der Waals surface area contributed by atoms with Crippen LogP contribution in [0.25, 0.3) is 0 Å². The van der Waals surface area contributed by atoms with Gasteiger partial charge >= 0.3 is 0 Å². The normalized spacial score (nSPS) is 14.1. The van der Waals surface area contributed by atoms with Crippen LogP contribution in [0.5, 0.6) is 0 Å². The van der Waals surface area contributed by atoms with Crippen molar-refractivity contribution in [2.45, 2.75) is 25.3 Å². The van der Waals surface area contributed by atoms with E-state index in [0.717, 1.165) is 12.8 Å². The molecular formula is C11H8N6O. The summed E-state index contributed by atoms with van der Waals surface area (Å²) in [5.41, 5.74) is 0.332. The molecule has 0 aromatic carbocycles. The SMILES string of the molecule is N#Cc1ncn(Cc2noc(C3CC3)n2)c1C#N. The Morgan fingerprint density at radius 3 is 2.89 bits per heavy atom. The summed E-state index contributed by atoms with van der Waals surface area (Å²) in [5, 5.41) is 21.6. The average molecular weight is 240 g/mol. The first-order valence-electron chi connectivity index (χ1n) is 5.49. The summed E-state index contributed by atoms with van der Waals surface area (Å²) in [6.07, 6.45) is 3.62. The Labute approximate surface area is 102 Å². The highest BCUT2D eigenvalue weighted by molar-refractivity contribution is 5.36. The Balaban J connectivity index is 1.85. The van der Waals surface area contributed by atoms with Crippen molar-refractivity contribution in [1.82, 2.24) is 19.7 Å². The van der Waals surface area contributed by atoms with Crippen molar-refractivity contribution in [2.24, 2.45) is 0 Å². The van der Waals surface area contributed by atoms with Gasteiger partial charge in [-0.2, -0.15) is 15.5 Å². The van der Waals surface area contributed by atoms with Crippen molar-refractivity contribution in [1.29, 1.82) is 10.5 Å². The third-order valence-electron chi connectivity index (χ3n) is 2.77. The van der Waals surface area contributed by atoms with Crippen LogP contribution in [-0.2, 0) is 6.54 Å². The Bertz CT molecular complexity index is 667. The van der Waals surface area contributed by atoms with E-state index in [4.69, 9.17) is 15.0 Å². The second-order valence-corrected chi connectivity index (χ2v) is 4.12. The van der Waals surface area contributed by atoms with E-state index in [0.29, 0.717) is 17.6 Å². The van der Waals surface area contributed by atoms with Crippen LogP contribution in [0.15, 0.2) is 10.9 Å². The molecule has 1 saturated carbocycles. The average Bonchev–Trinajstić information content (AvgIpc) is 3.01. The summed E-state index contributed by atoms with van der Waals surface area (Å²) in [6.45, 7) is 0.286. The van der Waals surface area contributed by atoms with Crippen molar-refractivity contribution in [3.8, 4) is 12.1 Å². The summed E-state index contributed by atoms with van der Waals surface area (Å²) < 4.78 is 6.67. The molecule has 3 rings (SSSR count). The van der Waals surface area contributed by atoms with Crippen LogP contribution >= 0.6 is 0 Å². The van der Waals surface area contributed by atoms with Gasteiger partial charge < -0.3 is 9.09 Å². The maximum atomic E-state index is 8.97. The number of aromatic nitrogens is 4. The summed E-state index contributed by atoms with van der Waals surface area (Å²) >= 11 is 0. The van der Waals surface area contributed by atoms with Gasteiger partial charge in [0.15, 0.2) is 17.2 Å². The minimum Gasteiger partial charge on any atom is -0.339 e. The fourth-order valence-corrected chi connectivity index (χ4v) is 1.68. The largest absolute Gasteiger partial charge is 0.339 e. The van der Waals surface area contributed by atoms with Gasteiger partial charge in [0.2, 0.25) is 5.89 Å². The smallest absolute Gasteiger partial charge is 0.229 e. The lowest BCUT2D eigenvalue weighted by Gasteiger charge is -1.97. The Hall–Kier alpha value is -2.67. The molecule has 0 unspecified atom stereocenters. The molecule has 2 heterocycles. The number of imidazole rings is 1. The molecule has 0 amide bonds. The molecule has 7 nitrogen and oxygen atoms in total. The monoisotopic (exact) mass is 240 g/mol. The lowest BCUT2D eigenvalue weighted by Crippen LogP contribution is -2.03. The van der Waals surface area contributed by atoms with Crippen LogP contribution in [0.2, 0.25) is 0 Å². The van der Waals surface area contributed by atoms with Crippen molar-refractivity contribution in [3.63, 3.8) is 0 Å². The number of nitriles is 2. The second-order valence-electron chi connectivity index (χ2n) is 4.12. The van der Waals surface area contributed by atoms with Gasteiger partial charge in [-0.05, 0) is 12.8 Å². The quantitative estimate of drug-likeness (QED) is 0.790. The molecule has 2 aromatic rings. The zero-order valence-corrected chi connectivity index (χ0v) is 9.37. The lowest BCUT2D eigenvalue weighted by molar-refractivity contribution is 0.373. The highest BCUT2D eigenvalue weighted by Crippen LogP contribution is 2.38. The number of hydrogen-bond donors (Lipinski definition) is 0. The summed E-state index contributed by atoms with van der Waals surface area (Å²) in [7, 11) is 0. The van der Waals surface area contributed by atoms with Crippen LogP contribution in [0.4, 0.5) is 0 Å². The van der Waals surface area contributed by atoms with E-state index in [-0.39, 0.29) is 17.9 Å². The van der Waals surface area contributed by atoms with Crippen LogP contribution < -0.4 is 0 Å². The van der Waals surface area contributed by atoms with Gasteiger partial charge in [0.1, 0.15) is 12.1 Å². The van der Waals surface area contributed by atoms with E-state index in [9.17, 15) is 0 Å². The molecule has 0 radical (unpaired) electrons. The molecule has 0 saturated heterocycles. The zero-order chi connectivity index (χ0) is 12.5. The number of hydrogen-bond acceptors (Lipinski definition) is 6. The molecule has 18 heavy (non-hydrogen) atoms. The fourth-order valence-electron chi connectivity index (χ4n) is 1.68. The van der Waals surface area contributed by atoms with Gasteiger partial charge in [-0.1, -0.05) is 5.16 Å². The van der Waals surface area contributed by atoms with E-state index in [1.807, 2.05) is 12.1 Å². The van der Waals surface area contributed by atoms with Crippen LogP contribution in [0.3, 0.4) is 0 Å². The van der Waals surface area contributed by atoms with E-state index in [1.54, 1.807) is 4.57 Å². The molecule has 1 fully saturated rings. The predicted octanol–water partition coefficient (Wildman–Crippen LogP) is 0.935. The Morgan fingerprint density at radius 1 is 1.39 bits per heavy atom. The molecule has 2 aromatic heterocycles. The third kappa shape index (κ3) is 1.72. The Morgan fingerprint density at radius 2 is 2.22 bits per heavy atom. The topological polar surface area (TPSA) is 104 Å². The van der Waals surface area contributed by atoms with Crippen molar-refractivity contribution < 1.29 is 4.52 Å². The molecule has 0 N–H and O–H groups in total. The molecule has 7 heteroatoms. The minimum absolute atomic E-state index is 0.114. The minimum atomic E-state index is 0.114. The molecule has 0 bridgehead atoms. The van der Waals surface area contributed by atoms with Gasteiger partial charge in [0, 0.05) is 5.92 Å². The van der Waals surface area contributed by atoms with Gasteiger partial charge in [-0.25, -0.2) is 4.98 Å². The summed E-state index contributed by atoms with van der Waals surface area (Å²) in [6, 6.07) is 3.82. The van der Waals surface area contributed by atoms with E-state index < -0.39 is 0 Å². The van der Waals surface area contributed by atoms with Gasteiger partial charge in [-0.3, -0.25) is 0 Å². The highest BCUT2D eigenvalue weighted by atomic mass is 16.5. The maximum absolute atomic E-state index is 8.97. The fraction of sp³-hybridized carbons (Fsp3) is 0.364. The standard InChI is InChI=1S/C11H8N6O/c12-3-8-9(4-13)17(6-14-8)5-10-15-11(18-16-10)7-1-2-7/h6-7H,1-2,5H2. The molecule has 88 valence electrons. The lowest BCUT2D eigenvalue weighted by atomic mass is 10.3. The van der Waals surface area contributed by atoms with Crippen LogP contribution in [-0.4, -0.2) is 19.7 Å². The van der Waals surface area contributed by atoms with Crippen LogP contribution in [0.1, 0.15) is 41.9 Å². The zero-order valence-electron chi connectivity index (χ0n) is 9.37. The van der Waals surface area contributed by atoms with Crippen LogP contribution in [0, 0.1) is 22.7 Å². The van der Waals surface area contributed by atoms with Gasteiger partial charge in [0.25, 0.3) is 0 Å². The molecule has 0 aliphatic heterocycles. The Kier molecular flexibility index (Phi) is 2.31. The van der Waals surface area contributed by atoms with Crippen molar-refractivity contribution in [3.05, 3.63) is 29.4 Å². The second kappa shape index (κ2) is 3.97. The maximum Gasteiger partial charge on any atom is 0.229 e. The molecule has 1 aliphatic carbocycles. The van der Waals surface area contributed by atoms with Crippen molar-refractivity contribution in [2.75, 3.05) is 0 Å². The first kappa shape index (κ1) is 10.5. The molecule has 0 atom stereocenters. The van der Waals surface area contributed by atoms with Gasteiger partial charge in [0.05, 0.1) is 12.9 Å². The first-order valence-corrected chi connectivity index (χ1v) is 5.49. The highest BCUT2D eigenvalue weighted by Gasteiger charge is 2.29. The number of nitrogens with zero attached hydrogens (tertiary/aromatic N) is 6.